The van der Waals surface area contributed by atoms with E-state index in [1.54, 1.807) is 0 Å². The van der Waals surface area contributed by atoms with Crippen LogP contribution < -0.4 is 6.15 Å². The molecule has 0 heterocycles. The predicted molar refractivity (Wildman–Crippen MR) is 38.2 cm³/mol. The summed E-state index contributed by atoms with van der Waals surface area (Å²) >= 11 is 0. The van der Waals surface area contributed by atoms with Crippen molar-refractivity contribution in [2.45, 2.75) is 0 Å². The maximum atomic E-state index is 8.88. The van der Waals surface area contributed by atoms with Gasteiger partial charge in [-0.2, -0.15) is 0 Å². The summed E-state index contributed by atoms with van der Waals surface area (Å²) in [6, 6.07) is 0. The average molecular weight is 211 g/mol. The minimum Gasteiger partial charge on any atom is -0.344 e. The summed E-state index contributed by atoms with van der Waals surface area (Å²) in [5.41, 5.74) is 0. The molecule has 5 nitrogen and oxygen atoms in total. The van der Waals surface area contributed by atoms with E-state index in [0.717, 1.165) is 0 Å². The van der Waals surface area contributed by atoms with Gasteiger partial charge in [-0.1, -0.05) is 0 Å². The topological polar surface area (TPSA) is 113 Å². The molecule has 0 aromatic heterocycles. The van der Waals surface area contributed by atoms with Crippen molar-refractivity contribution >= 4 is 82.1 Å². The van der Waals surface area contributed by atoms with Gasteiger partial charge in [0.15, 0.2) is 0 Å². The van der Waals surface area contributed by atoms with E-state index in [9.17, 15) is 0 Å². The van der Waals surface area contributed by atoms with Crippen LogP contribution in [0.3, 0.4) is 0 Å². The van der Waals surface area contributed by atoms with Gasteiger partial charge in [0.1, 0.15) is 0 Å². The standard InChI is InChI=1S/Ca.Mg.H3N.H3O4P.S/c;;;1-5(2,3)4;/h;;1H3;(H3,1,2,3,4);/q2*+2;;;+2. The molecule has 0 aliphatic carbocycles. The Kier molecular flexibility index (Phi) is 43.6. The summed E-state index contributed by atoms with van der Waals surface area (Å²) in [5.74, 6) is 0. The maximum absolute atomic E-state index is 8.88. The first-order valence-electron chi connectivity index (χ1n) is 0.783. The Bertz CT molecular complexity index is 66.7. The largest absolute Gasteiger partial charge is 2.00 e. The second-order valence-electron chi connectivity index (χ2n) is 0.513. The summed E-state index contributed by atoms with van der Waals surface area (Å²) in [7, 11) is -4.64. The zero-order valence-corrected chi connectivity index (χ0v) is 10.1. The van der Waals surface area contributed by atoms with Crippen LogP contribution >= 0.6 is 7.82 Å². The van der Waals surface area contributed by atoms with E-state index >= 15 is 0 Å². The van der Waals surface area contributed by atoms with E-state index in [1.165, 1.54) is 0 Å². The van der Waals surface area contributed by atoms with Crippen LogP contribution in [0.15, 0.2) is 0 Å². The SMILES string of the molecule is N.O=P(O)(O)O.[Ca+2].[Mg+2].[S+2]. The third-order valence-corrected chi connectivity index (χ3v) is 0. The Hall–Kier alpha value is 2.45. The smallest absolute Gasteiger partial charge is 0.344 e. The Morgan fingerprint density at radius 2 is 1.11 bits per heavy atom. The van der Waals surface area contributed by atoms with Gasteiger partial charge in [0.2, 0.25) is 0 Å². The molecule has 0 bridgehead atoms. The van der Waals surface area contributed by atoms with E-state index in [2.05, 4.69) is 0 Å². The van der Waals surface area contributed by atoms with Gasteiger partial charge in [0.05, 0.1) is 0 Å². The Morgan fingerprint density at radius 3 is 1.11 bits per heavy atom. The first-order chi connectivity index (χ1) is 2.00. The van der Waals surface area contributed by atoms with Crippen LogP contribution in [0.2, 0.25) is 0 Å². The van der Waals surface area contributed by atoms with Gasteiger partial charge in [0, 0.05) is 0 Å². The fourth-order valence-corrected chi connectivity index (χ4v) is 0. The summed E-state index contributed by atoms with van der Waals surface area (Å²) in [6.45, 7) is 0. The average Bonchev–Trinajstić information content (AvgIpc) is 0.722. The quantitative estimate of drug-likeness (QED) is 0.287. The fourth-order valence-electron chi connectivity index (χ4n) is 0. The molecule has 0 aliphatic rings. The molecule has 0 amide bonds. The van der Waals surface area contributed by atoms with Crippen molar-refractivity contribution in [2.75, 3.05) is 0 Å². The van der Waals surface area contributed by atoms with E-state index in [4.69, 9.17) is 19.2 Å². The second kappa shape index (κ2) is 13.1. The number of hydrogen-bond donors (Lipinski definition) is 4. The van der Waals surface area contributed by atoms with Gasteiger partial charge in [-0.3, -0.25) is 0 Å². The molecule has 0 aromatic rings. The third-order valence-electron chi connectivity index (χ3n) is 0. The van der Waals surface area contributed by atoms with Gasteiger partial charge in [-0.25, -0.2) is 4.57 Å². The summed E-state index contributed by atoms with van der Waals surface area (Å²) in [6.07, 6.45) is 0. The van der Waals surface area contributed by atoms with E-state index in [0.29, 0.717) is 0 Å². The molecule has 0 rings (SSSR count). The first kappa shape index (κ1) is 30.1. The first-order valence-corrected chi connectivity index (χ1v) is 2.35. The third kappa shape index (κ3) is 125. The molecule has 0 fully saturated rings. The van der Waals surface area contributed by atoms with Gasteiger partial charge < -0.3 is 20.8 Å². The zero-order valence-electron chi connectivity index (χ0n) is 4.73. The summed E-state index contributed by atoms with van der Waals surface area (Å²) in [5, 5.41) is 0. The molecule has 0 saturated heterocycles. The van der Waals surface area contributed by atoms with Gasteiger partial charge >= 0.3 is 82.1 Å². The predicted octanol–water partition coefficient (Wildman–Crippen LogP) is -1.53. The van der Waals surface area contributed by atoms with Crippen LogP contribution in [0.25, 0.3) is 0 Å². The maximum Gasteiger partial charge on any atom is 2.00 e. The van der Waals surface area contributed by atoms with Crippen LogP contribution in [-0.4, -0.2) is 75.5 Å². The molecule has 44 valence electrons. The number of hydrogen-bond acceptors (Lipinski definition) is 2. The van der Waals surface area contributed by atoms with E-state index in [-0.39, 0.29) is 80.4 Å². The molecule has 0 saturated carbocycles. The van der Waals surface area contributed by atoms with Crippen molar-refractivity contribution in [2.24, 2.45) is 0 Å². The monoisotopic (exact) mass is 211 g/mol. The molecule has 4 radical (unpaired) electrons. The Labute approximate surface area is 106 Å². The van der Waals surface area contributed by atoms with E-state index in [1.807, 2.05) is 0 Å². The van der Waals surface area contributed by atoms with Crippen molar-refractivity contribution in [3.63, 3.8) is 0 Å². The van der Waals surface area contributed by atoms with Crippen LogP contribution in [-0.2, 0) is 18.1 Å². The van der Waals surface area contributed by atoms with Crippen molar-refractivity contribution < 1.29 is 19.2 Å². The summed E-state index contributed by atoms with van der Waals surface area (Å²) in [4.78, 5) is 21.6. The van der Waals surface area contributed by atoms with Crippen LogP contribution in [0.4, 0.5) is 0 Å². The van der Waals surface area contributed by atoms with Gasteiger partial charge in [-0.15, -0.1) is 0 Å². The molecule has 0 aliphatic heterocycles. The summed E-state index contributed by atoms with van der Waals surface area (Å²) < 4.78 is 8.88. The van der Waals surface area contributed by atoms with Crippen LogP contribution in [0.1, 0.15) is 0 Å². The fraction of sp³-hybridized carbons (Fsp3) is 0. The second-order valence-corrected chi connectivity index (χ2v) is 1.54. The molecule has 0 unspecified atom stereocenters. The molecule has 9 heteroatoms. The van der Waals surface area contributed by atoms with Crippen molar-refractivity contribution in [1.29, 1.82) is 0 Å². The number of phosphoric acid groups is 1. The van der Waals surface area contributed by atoms with Crippen LogP contribution in [0, 0.1) is 0 Å². The molecular formula is H6CaMgNO4PS+6. The molecule has 0 aromatic carbocycles. The molecule has 0 atom stereocenters. The Morgan fingerprint density at radius 1 is 1.11 bits per heavy atom. The number of rotatable bonds is 0. The minimum absolute atomic E-state index is 0. The molecular weight excluding hydrogens is 205 g/mol. The van der Waals surface area contributed by atoms with Crippen LogP contribution in [0.5, 0.6) is 0 Å². The Balaban J connectivity index is -0.0000000133. The van der Waals surface area contributed by atoms with Gasteiger partial charge in [-0.05, 0) is 0 Å². The normalized spacial score (nSPS) is 6.56. The van der Waals surface area contributed by atoms with Crippen molar-refractivity contribution in [3.8, 4) is 0 Å². The van der Waals surface area contributed by atoms with Gasteiger partial charge in [0.25, 0.3) is 0 Å². The zero-order chi connectivity index (χ0) is 4.50. The van der Waals surface area contributed by atoms with Crippen molar-refractivity contribution in [1.82, 2.24) is 6.15 Å². The molecule has 9 heavy (non-hydrogen) atoms. The molecule has 6 N–H and O–H groups in total. The molecule has 0 spiro atoms. The van der Waals surface area contributed by atoms with Crippen molar-refractivity contribution in [3.05, 3.63) is 0 Å². The minimum atomic E-state index is -4.64. The van der Waals surface area contributed by atoms with E-state index < -0.39 is 7.82 Å².